The average Bonchev–Trinajstić information content (AvgIpc) is 3.26. The molecular weight excluding hydrogens is 765 g/mol. The van der Waals surface area contributed by atoms with Gasteiger partial charge in [0.15, 0.2) is 0 Å². The summed E-state index contributed by atoms with van der Waals surface area (Å²) in [6, 6.07) is 36.8. The zero-order valence-corrected chi connectivity index (χ0v) is 36.5. The number of azo groups is 1. The van der Waals surface area contributed by atoms with Crippen molar-refractivity contribution in [3.8, 4) is 6.07 Å². The van der Waals surface area contributed by atoms with Gasteiger partial charge < -0.3 is 23.8 Å². The van der Waals surface area contributed by atoms with E-state index in [0.717, 1.165) is 82.4 Å². The van der Waals surface area contributed by atoms with Gasteiger partial charge in [-0.1, -0.05) is 88.4 Å². The van der Waals surface area contributed by atoms with Crippen LogP contribution in [-0.4, -0.2) is 34.4 Å². The van der Waals surface area contributed by atoms with E-state index >= 15 is 0 Å². The molecule has 11 heteroatoms. The lowest BCUT2D eigenvalue weighted by Gasteiger charge is -2.30. The zero-order valence-electron chi connectivity index (χ0n) is 35.5. The monoisotopic (exact) mass is 820 g/mol. The van der Waals surface area contributed by atoms with Crippen molar-refractivity contribution in [1.29, 1.82) is 5.26 Å². The number of allylic oxidation sites excluding steroid dienone is 5. The molecule has 10 nitrogen and oxygen atoms in total. The molecule has 60 heavy (non-hydrogen) atoms. The molecule has 0 bridgehead atoms. The fourth-order valence-electron chi connectivity index (χ4n) is 6.91. The highest BCUT2D eigenvalue weighted by Crippen LogP contribution is 2.40. The van der Waals surface area contributed by atoms with Crippen LogP contribution in [0.2, 0.25) is 12.6 Å². The lowest BCUT2D eigenvalue weighted by atomic mass is 9.74. The number of rotatable bonds is 19. The maximum atomic E-state index is 12.5. The number of alkyl carbamates (subject to hydrolysis) is 1. The van der Waals surface area contributed by atoms with Gasteiger partial charge in [-0.05, 0) is 133 Å². The van der Waals surface area contributed by atoms with Crippen LogP contribution < -0.4 is 10.2 Å². The van der Waals surface area contributed by atoms with Crippen molar-refractivity contribution < 1.29 is 18.4 Å². The second-order valence-electron chi connectivity index (χ2n) is 15.8. The summed E-state index contributed by atoms with van der Waals surface area (Å²) in [5.74, 6) is 0. The Bertz CT molecular complexity index is 2200. The van der Waals surface area contributed by atoms with Gasteiger partial charge in [0.2, 0.25) is 0 Å². The van der Waals surface area contributed by atoms with Crippen molar-refractivity contribution in [3.63, 3.8) is 0 Å². The lowest BCUT2D eigenvalue weighted by Crippen LogP contribution is -2.40. The Morgan fingerprint density at radius 3 is 2.03 bits per heavy atom. The predicted molar refractivity (Wildman–Crippen MR) is 243 cm³/mol. The highest BCUT2D eigenvalue weighted by atomic mass is 28.4. The summed E-state index contributed by atoms with van der Waals surface area (Å²) in [4.78, 5) is 18.1. The van der Waals surface area contributed by atoms with Crippen LogP contribution in [0.15, 0.2) is 142 Å². The maximum absolute atomic E-state index is 12.5. The Morgan fingerprint density at radius 1 is 0.867 bits per heavy atom. The summed E-state index contributed by atoms with van der Waals surface area (Å²) in [5, 5.41) is 21.2. The number of nitrogens with one attached hydrogen (secondary N) is 1. The normalized spacial score (nSPS) is 14.6. The molecule has 0 heterocycles. The van der Waals surface area contributed by atoms with Crippen molar-refractivity contribution in [2.24, 2.45) is 15.6 Å². The third kappa shape index (κ3) is 13.7. The molecule has 1 N–H and O–H groups in total. The molecule has 0 saturated carbocycles. The minimum atomic E-state index is -2.25. The first-order valence-electron chi connectivity index (χ1n) is 20.7. The molecule has 4 aromatic rings. The fraction of sp³-hybridized carbons (Fsp3) is 0.327. The molecule has 5 rings (SSSR count). The van der Waals surface area contributed by atoms with E-state index in [-0.39, 0.29) is 17.7 Å². The molecule has 1 aliphatic carbocycles. The van der Waals surface area contributed by atoms with Crippen LogP contribution >= 0.6 is 0 Å². The molecular formula is C49H56N6O4Si. The van der Waals surface area contributed by atoms with Crippen LogP contribution in [0, 0.1) is 23.3 Å². The number of para-hydroxylation sites is 1. The average molecular weight is 821 g/mol. The van der Waals surface area contributed by atoms with Crippen molar-refractivity contribution in [1.82, 2.24) is 5.32 Å². The highest BCUT2D eigenvalue weighted by molar-refractivity contribution is 6.66. The first-order valence-corrected chi connectivity index (χ1v) is 23.2. The van der Waals surface area contributed by atoms with Crippen molar-refractivity contribution >= 4 is 49.2 Å². The second-order valence-corrected chi connectivity index (χ2v) is 19.1. The lowest BCUT2D eigenvalue weighted by molar-refractivity contribution is 0.139. The Labute approximate surface area is 357 Å². The van der Waals surface area contributed by atoms with Crippen LogP contribution in [0.3, 0.4) is 0 Å². The molecule has 0 radical (unpaired) electrons. The minimum absolute atomic E-state index is 0.0261. The van der Waals surface area contributed by atoms with Gasteiger partial charge in [0.25, 0.3) is 5.70 Å². The van der Waals surface area contributed by atoms with Gasteiger partial charge in [0, 0.05) is 36.8 Å². The Kier molecular flexibility index (Phi) is 16.7. The number of anilines is 3. The summed E-state index contributed by atoms with van der Waals surface area (Å²) in [7, 11) is -2.25. The number of benzene rings is 4. The molecule has 0 aromatic heterocycles. The zero-order chi connectivity index (χ0) is 42.8. The van der Waals surface area contributed by atoms with E-state index < -0.39 is 14.7 Å². The highest BCUT2D eigenvalue weighted by Gasteiger charge is 2.30. The first-order chi connectivity index (χ1) is 29.0. The number of amides is 1. The van der Waals surface area contributed by atoms with Crippen LogP contribution in [-0.2, 0) is 20.2 Å². The predicted octanol–water partition coefficient (Wildman–Crippen LogP) is 13.6. The van der Waals surface area contributed by atoms with Crippen molar-refractivity contribution in [2.45, 2.75) is 79.0 Å². The molecule has 310 valence electrons. The van der Waals surface area contributed by atoms with Crippen LogP contribution in [0.1, 0.15) is 70.9 Å². The number of nitrogens with zero attached hydrogens (tertiary/aromatic N) is 5. The largest absolute Gasteiger partial charge is 0.445 e. The van der Waals surface area contributed by atoms with E-state index in [0.29, 0.717) is 26.2 Å². The van der Waals surface area contributed by atoms with Gasteiger partial charge in [-0.15, -0.1) is 0 Å². The Balaban J connectivity index is 1.17. The van der Waals surface area contributed by atoms with Gasteiger partial charge in [-0.2, -0.15) is 10.2 Å². The SMILES string of the molecule is [C-]#[N+]/C(C#N)=C1C=C(/C=C/c2ccc(N=Nc3ccc(N(c4ccccc4)c4ccc(COC(=O)NCCC[Si](C)(OCCC)OCCC)cc4)cc3)cc2)CC(C)(C)C\1. The fourth-order valence-corrected chi connectivity index (χ4v) is 9.37. The number of carbonyl (C=O) groups is 1. The molecule has 0 unspecified atom stereocenters. The maximum Gasteiger partial charge on any atom is 0.407 e. The quantitative estimate of drug-likeness (QED) is 0.0331. The van der Waals surface area contributed by atoms with E-state index in [1.54, 1.807) is 0 Å². The third-order valence-electron chi connectivity index (χ3n) is 9.88. The van der Waals surface area contributed by atoms with Crippen molar-refractivity contribution in [3.05, 3.63) is 155 Å². The van der Waals surface area contributed by atoms with Crippen LogP contribution in [0.5, 0.6) is 0 Å². The summed E-state index contributed by atoms with van der Waals surface area (Å²) in [5.41, 5.74) is 8.30. The van der Waals surface area contributed by atoms with E-state index in [1.807, 2.05) is 109 Å². The molecule has 1 aliphatic rings. The molecule has 0 atom stereocenters. The van der Waals surface area contributed by atoms with Crippen molar-refractivity contribution in [2.75, 3.05) is 24.7 Å². The van der Waals surface area contributed by atoms with Gasteiger partial charge in [0.05, 0.1) is 24.0 Å². The summed E-state index contributed by atoms with van der Waals surface area (Å²) in [6.07, 6.45) is 9.90. The van der Waals surface area contributed by atoms with Crippen LogP contribution in [0.25, 0.3) is 10.9 Å². The molecule has 0 saturated heterocycles. The van der Waals surface area contributed by atoms with Crippen LogP contribution in [0.4, 0.5) is 33.2 Å². The smallest absolute Gasteiger partial charge is 0.407 e. The molecule has 1 amide bonds. The summed E-state index contributed by atoms with van der Waals surface area (Å²) < 4.78 is 17.7. The standard InChI is InChI=1S/C49H56N6O4Si/c1-7-30-58-60(6,59-31-8-2)32-12-29-52-48(56)57-37-39-19-25-45(26-20-39)55(44-13-10-9-11-14-44)46-27-23-43(24-28-46)54-53-42-21-17-38(18-22-42)15-16-40-33-41(47(36-50)51-5)35-49(3,4)34-40/h9-11,13-28,33H,7-8,12,29-32,34-35,37H2,1-4,6H3,(H,52,56)/b16-15+,47-41+,54-53?. The third-order valence-corrected chi connectivity index (χ3v) is 12.8. The van der Waals surface area contributed by atoms with Gasteiger partial charge >= 0.3 is 14.7 Å². The van der Waals surface area contributed by atoms with E-state index in [1.165, 1.54) is 0 Å². The first kappa shape index (κ1) is 45.0. The van der Waals surface area contributed by atoms with E-state index in [2.05, 4.69) is 77.7 Å². The molecule has 0 aliphatic heterocycles. The molecule has 4 aromatic carbocycles. The summed E-state index contributed by atoms with van der Waals surface area (Å²) >= 11 is 0. The van der Waals surface area contributed by atoms with Gasteiger partial charge in [-0.25, -0.2) is 14.9 Å². The van der Waals surface area contributed by atoms with Gasteiger partial charge in [0.1, 0.15) is 6.61 Å². The molecule has 0 spiro atoms. The van der Waals surface area contributed by atoms with E-state index in [4.69, 9.17) is 20.2 Å². The van der Waals surface area contributed by atoms with E-state index in [9.17, 15) is 10.1 Å². The topological polar surface area (TPSA) is 113 Å². The Hall–Kier alpha value is -6.11. The number of ether oxygens (including phenoxy) is 1. The molecule has 0 fully saturated rings. The van der Waals surface area contributed by atoms with Gasteiger partial charge in [-0.3, -0.25) is 0 Å². The Morgan fingerprint density at radius 2 is 1.45 bits per heavy atom. The number of carbonyl (C=O) groups excluding carboxylic acids is 1. The minimum Gasteiger partial charge on any atom is -0.445 e. The number of hydrogen-bond donors (Lipinski definition) is 1. The number of nitriles is 1. The number of hydrogen-bond acceptors (Lipinski definition) is 8. The second kappa shape index (κ2) is 22.3. The summed E-state index contributed by atoms with van der Waals surface area (Å²) in [6.45, 7) is 20.0.